The standard InChI is InChI=1S/C20H21N5O2/c1-12-18-16(4-3-5-17(18)26)24-19(12)20(27)23-13(2)14-6-8-15(9-7-14)25-11-21-10-22-25/h6-11,13,24H,3-5H2,1-2H3,(H,23,27). The van der Waals surface area contributed by atoms with Gasteiger partial charge in [0.2, 0.25) is 0 Å². The molecule has 7 nitrogen and oxygen atoms in total. The van der Waals surface area contributed by atoms with E-state index in [1.807, 2.05) is 38.1 Å². The van der Waals surface area contributed by atoms with Gasteiger partial charge in [-0.3, -0.25) is 9.59 Å². The number of hydrogen-bond donors (Lipinski definition) is 2. The van der Waals surface area contributed by atoms with Gasteiger partial charge in [-0.05, 0) is 49.9 Å². The normalized spacial score (nSPS) is 14.7. The van der Waals surface area contributed by atoms with Crippen molar-refractivity contribution in [3.05, 3.63) is 65.0 Å². The molecule has 1 aromatic carbocycles. The molecule has 0 spiro atoms. The Morgan fingerprint density at radius 1 is 1.26 bits per heavy atom. The fraction of sp³-hybridized carbons (Fsp3) is 0.300. The second kappa shape index (κ2) is 6.83. The van der Waals surface area contributed by atoms with Crippen LogP contribution in [0.15, 0.2) is 36.9 Å². The van der Waals surface area contributed by atoms with E-state index in [1.165, 1.54) is 6.33 Å². The third kappa shape index (κ3) is 3.16. The van der Waals surface area contributed by atoms with Gasteiger partial charge in [-0.2, -0.15) is 5.10 Å². The van der Waals surface area contributed by atoms with Gasteiger partial charge in [0.25, 0.3) is 5.91 Å². The summed E-state index contributed by atoms with van der Waals surface area (Å²) >= 11 is 0. The van der Waals surface area contributed by atoms with Gasteiger partial charge in [0.05, 0.1) is 11.7 Å². The van der Waals surface area contributed by atoms with E-state index in [9.17, 15) is 9.59 Å². The number of aromatic amines is 1. The Kier molecular flexibility index (Phi) is 4.35. The van der Waals surface area contributed by atoms with Gasteiger partial charge >= 0.3 is 0 Å². The van der Waals surface area contributed by atoms with Crippen molar-refractivity contribution in [2.24, 2.45) is 0 Å². The summed E-state index contributed by atoms with van der Waals surface area (Å²) in [6, 6.07) is 7.61. The zero-order valence-electron chi connectivity index (χ0n) is 15.3. The van der Waals surface area contributed by atoms with Crippen LogP contribution >= 0.6 is 0 Å². The second-order valence-electron chi connectivity index (χ2n) is 6.88. The molecule has 1 unspecified atom stereocenters. The molecule has 0 saturated carbocycles. The number of amides is 1. The van der Waals surface area contributed by atoms with Gasteiger partial charge in [-0.15, -0.1) is 0 Å². The van der Waals surface area contributed by atoms with Gasteiger partial charge in [0.15, 0.2) is 5.78 Å². The number of carbonyl (C=O) groups is 2. The third-order valence-corrected chi connectivity index (χ3v) is 5.09. The highest BCUT2D eigenvalue weighted by Crippen LogP contribution is 2.27. The zero-order valence-corrected chi connectivity index (χ0v) is 15.3. The summed E-state index contributed by atoms with van der Waals surface area (Å²) in [6.45, 7) is 3.77. The van der Waals surface area contributed by atoms with Crippen LogP contribution < -0.4 is 5.32 Å². The number of benzene rings is 1. The highest BCUT2D eigenvalue weighted by Gasteiger charge is 2.26. The van der Waals surface area contributed by atoms with Crippen molar-refractivity contribution in [1.82, 2.24) is 25.1 Å². The number of H-pyrrole nitrogens is 1. The van der Waals surface area contributed by atoms with Crippen molar-refractivity contribution < 1.29 is 9.59 Å². The first kappa shape index (κ1) is 17.2. The van der Waals surface area contributed by atoms with Crippen LogP contribution in [0.2, 0.25) is 0 Å². The Bertz CT molecular complexity index is 986. The lowest BCUT2D eigenvalue weighted by Crippen LogP contribution is -2.27. The molecule has 1 aliphatic rings. The van der Waals surface area contributed by atoms with Crippen molar-refractivity contribution in [2.75, 3.05) is 0 Å². The molecular weight excluding hydrogens is 342 g/mol. The molecule has 1 amide bonds. The minimum absolute atomic E-state index is 0.126. The smallest absolute Gasteiger partial charge is 0.268 e. The van der Waals surface area contributed by atoms with E-state index in [0.717, 1.165) is 35.3 Å². The van der Waals surface area contributed by atoms with E-state index in [4.69, 9.17) is 0 Å². The molecule has 0 fully saturated rings. The van der Waals surface area contributed by atoms with Crippen molar-refractivity contribution in [2.45, 2.75) is 39.2 Å². The molecule has 3 aromatic rings. The number of nitrogens with zero attached hydrogens (tertiary/aromatic N) is 3. The van der Waals surface area contributed by atoms with Gasteiger partial charge in [0, 0.05) is 17.7 Å². The molecule has 7 heteroatoms. The van der Waals surface area contributed by atoms with E-state index in [-0.39, 0.29) is 17.7 Å². The number of fused-ring (bicyclic) bond motifs is 1. The molecule has 138 valence electrons. The SMILES string of the molecule is Cc1c(C(=O)NC(C)c2ccc(-n3cncn3)cc2)[nH]c2c1C(=O)CCC2. The minimum atomic E-state index is -0.192. The third-order valence-electron chi connectivity index (χ3n) is 5.09. The number of ketones is 1. The molecule has 0 aliphatic heterocycles. The van der Waals surface area contributed by atoms with Gasteiger partial charge in [-0.25, -0.2) is 9.67 Å². The highest BCUT2D eigenvalue weighted by atomic mass is 16.2. The Labute approximate surface area is 156 Å². The number of aromatic nitrogens is 4. The molecule has 2 heterocycles. The molecule has 0 radical (unpaired) electrons. The van der Waals surface area contributed by atoms with Crippen LogP contribution in [0.4, 0.5) is 0 Å². The Morgan fingerprint density at radius 2 is 2.04 bits per heavy atom. The summed E-state index contributed by atoms with van der Waals surface area (Å²) in [7, 11) is 0. The largest absolute Gasteiger partial charge is 0.354 e. The Hall–Kier alpha value is -3.22. The number of Topliss-reactive ketones (excluding diaryl/α,β-unsaturated/α-hetero) is 1. The zero-order chi connectivity index (χ0) is 19.0. The monoisotopic (exact) mass is 363 g/mol. The van der Waals surface area contributed by atoms with Crippen LogP contribution in [0.1, 0.15) is 63.5 Å². The maximum absolute atomic E-state index is 12.8. The average Bonchev–Trinajstić information content (AvgIpc) is 3.31. The van der Waals surface area contributed by atoms with Crippen LogP contribution in [-0.4, -0.2) is 31.4 Å². The molecule has 1 atom stereocenters. The maximum Gasteiger partial charge on any atom is 0.268 e. The van der Waals surface area contributed by atoms with Crippen molar-refractivity contribution in [3.63, 3.8) is 0 Å². The fourth-order valence-corrected chi connectivity index (χ4v) is 3.61. The van der Waals surface area contributed by atoms with Crippen molar-refractivity contribution in [1.29, 1.82) is 0 Å². The van der Waals surface area contributed by atoms with Gasteiger partial charge < -0.3 is 10.3 Å². The van der Waals surface area contributed by atoms with E-state index >= 15 is 0 Å². The number of aryl methyl sites for hydroxylation is 1. The first-order valence-electron chi connectivity index (χ1n) is 9.05. The summed E-state index contributed by atoms with van der Waals surface area (Å²) in [5.41, 5.74) is 4.72. The maximum atomic E-state index is 12.8. The molecule has 1 aliphatic carbocycles. The summed E-state index contributed by atoms with van der Waals surface area (Å²) in [4.78, 5) is 32.0. The minimum Gasteiger partial charge on any atom is -0.354 e. The molecule has 0 saturated heterocycles. The predicted molar refractivity (Wildman–Crippen MR) is 100 cm³/mol. The summed E-state index contributed by atoms with van der Waals surface area (Å²) < 4.78 is 1.68. The number of rotatable bonds is 4. The molecule has 4 rings (SSSR count). The molecule has 27 heavy (non-hydrogen) atoms. The summed E-state index contributed by atoms with van der Waals surface area (Å²) in [5.74, 6) is -0.0663. The first-order valence-corrected chi connectivity index (χ1v) is 9.05. The Balaban J connectivity index is 1.51. The number of hydrogen-bond acceptors (Lipinski definition) is 4. The molecule has 0 bridgehead atoms. The van der Waals surface area contributed by atoms with Crippen LogP contribution in [0.5, 0.6) is 0 Å². The average molecular weight is 363 g/mol. The van der Waals surface area contributed by atoms with Crippen molar-refractivity contribution >= 4 is 11.7 Å². The lowest BCUT2D eigenvalue weighted by atomic mass is 9.94. The fourth-order valence-electron chi connectivity index (χ4n) is 3.61. The topological polar surface area (TPSA) is 92.7 Å². The quantitative estimate of drug-likeness (QED) is 0.745. The number of carbonyl (C=O) groups excluding carboxylic acids is 2. The Morgan fingerprint density at radius 3 is 2.70 bits per heavy atom. The lowest BCUT2D eigenvalue weighted by Gasteiger charge is -2.15. The van der Waals surface area contributed by atoms with Crippen LogP contribution in [-0.2, 0) is 6.42 Å². The highest BCUT2D eigenvalue weighted by molar-refractivity contribution is 6.04. The van der Waals surface area contributed by atoms with Crippen LogP contribution in [0.25, 0.3) is 5.69 Å². The van der Waals surface area contributed by atoms with E-state index in [1.54, 1.807) is 11.0 Å². The molecular formula is C20H21N5O2. The molecule has 2 aromatic heterocycles. The molecule has 2 N–H and O–H groups in total. The lowest BCUT2D eigenvalue weighted by molar-refractivity contribution is 0.0934. The summed E-state index contributed by atoms with van der Waals surface area (Å²) in [5, 5.41) is 7.12. The van der Waals surface area contributed by atoms with E-state index in [2.05, 4.69) is 20.4 Å². The van der Waals surface area contributed by atoms with Gasteiger partial charge in [0.1, 0.15) is 18.3 Å². The van der Waals surface area contributed by atoms with Gasteiger partial charge in [-0.1, -0.05) is 12.1 Å². The van der Waals surface area contributed by atoms with E-state index < -0.39 is 0 Å². The predicted octanol–water partition coefficient (Wildman–Crippen LogP) is 2.91. The van der Waals surface area contributed by atoms with Crippen LogP contribution in [0.3, 0.4) is 0 Å². The number of nitrogens with one attached hydrogen (secondary N) is 2. The van der Waals surface area contributed by atoms with Crippen LogP contribution in [0, 0.1) is 6.92 Å². The first-order chi connectivity index (χ1) is 13.0. The van der Waals surface area contributed by atoms with E-state index in [0.29, 0.717) is 17.7 Å². The summed E-state index contributed by atoms with van der Waals surface area (Å²) in [6.07, 6.45) is 5.33. The second-order valence-corrected chi connectivity index (χ2v) is 6.88. The van der Waals surface area contributed by atoms with Crippen molar-refractivity contribution in [3.8, 4) is 5.69 Å².